The summed E-state index contributed by atoms with van der Waals surface area (Å²) in [6.45, 7) is 6.74. The van der Waals surface area contributed by atoms with Gasteiger partial charge in [0.05, 0.1) is 12.8 Å². The number of ether oxygens (including phenoxy) is 2. The number of hydrogen-bond donors (Lipinski definition) is 1. The van der Waals surface area contributed by atoms with Crippen molar-refractivity contribution in [2.75, 3.05) is 13.2 Å². The third-order valence-electron chi connectivity index (χ3n) is 3.51. The summed E-state index contributed by atoms with van der Waals surface area (Å²) in [5, 5.41) is 3.92. The molecule has 0 atom stereocenters. The lowest BCUT2D eigenvalue weighted by Gasteiger charge is -2.08. The molecule has 1 N–H and O–H groups in total. The average molecular weight is 340 g/mol. The van der Waals surface area contributed by atoms with Crippen LogP contribution in [0.1, 0.15) is 37.8 Å². The van der Waals surface area contributed by atoms with Crippen molar-refractivity contribution in [3.8, 4) is 11.5 Å². The molecule has 5 nitrogen and oxygen atoms in total. The third kappa shape index (κ3) is 6.30. The lowest BCUT2D eigenvalue weighted by atomic mass is 10.0. The number of amides is 1. The fourth-order valence-corrected chi connectivity index (χ4v) is 2.13. The smallest absolute Gasteiger partial charge is 0.277 e. The Balaban J connectivity index is 1.76. The minimum Gasteiger partial charge on any atom is -0.494 e. The molecule has 0 radical (unpaired) electrons. The molecule has 25 heavy (non-hydrogen) atoms. The Hall–Kier alpha value is -2.82. The zero-order valence-corrected chi connectivity index (χ0v) is 14.9. The van der Waals surface area contributed by atoms with Gasteiger partial charge >= 0.3 is 0 Å². The Morgan fingerprint density at radius 3 is 2.24 bits per heavy atom. The van der Waals surface area contributed by atoms with Crippen molar-refractivity contribution in [2.24, 2.45) is 5.10 Å². The molecule has 0 aliphatic rings. The number of nitrogens with one attached hydrogen (secondary N) is 1. The molecular weight excluding hydrogens is 316 g/mol. The first-order chi connectivity index (χ1) is 12.1. The number of carbonyl (C=O) groups excluding carboxylic acids is 1. The number of rotatable bonds is 8. The second-order valence-corrected chi connectivity index (χ2v) is 5.81. The summed E-state index contributed by atoms with van der Waals surface area (Å²) in [5.41, 5.74) is 4.55. The van der Waals surface area contributed by atoms with Crippen molar-refractivity contribution < 1.29 is 14.3 Å². The molecule has 1 amide bonds. The van der Waals surface area contributed by atoms with Gasteiger partial charge in [0.1, 0.15) is 11.5 Å². The van der Waals surface area contributed by atoms with Crippen molar-refractivity contribution in [1.82, 2.24) is 5.43 Å². The van der Waals surface area contributed by atoms with Gasteiger partial charge in [0.25, 0.3) is 5.91 Å². The second-order valence-electron chi connectivity index (χ2n) is 5.81. The van der Waals surface area contributed by atoms with E-state index < -0.39 is 0 Å². The maximum Gasteiger partial charge on any atom is 0.277 e. The molecule has 0 aliphatic carbocycles. The minimum atomic E-state index is -0.310. The molecule has 2 rings (SSSR count). The summed E-state index contributed by atoms with van der Waals surface area (Å²) in [4.78, 5) is 11.8. The van der Waals surface area contributed by atoms with Gasteiger partial charge in [-0.2, -0.15) is 5.10 Å². The van der Waals surface area contributed by atoms with Crippen LogP contribution < -0.4 is 14.9 Å². The molecule has 0 unspecified atom stereocenters. The lowest BCUT2D eigenvalue weighted by Crippen LogP contribution is -2.24. The van der Waals surface area contributed by atoms with Gasteiger partial charge in [0.2, 0.25) is 0 Å². The van der Waals surface area contributed by atoms with E-state index in [9.17, 15) is 4.79 Å². The summed E-state index contributed by atoms with van der Waals surface area (Å²) in [7, 11) is 0. The van der Waals surface area contributed by atoms with Crippen molar-refractivity contribution in [1.29, 1.82) is 0 Å². The van der Waals surface area contributed by atoms with Crippen LogP contribution in [0.5, 0.6) is 11.5 Å². The number of carbonyl (C=O) groups is 1. The fraction of sp³-hybridized carbons (Fsp3) is 0.300. The van der Waals surface area contributed by atoms with Crippen molar-refractivity contribution in [2.45, 2.75) is 26.7 Å². The monoisotopic (exact) mass is 340 g/mol. The normalized spacial score (nSPS) is 10.9. The zero-order chi connectivity index (χ0) is 18.1. The van der Waals surface area contributed by atoms with Gasteiger partial charge in [0.15, 0.2) is 6.61 Å². The van der Waals surface area contributed by atoms with Gasteiger partial charge in [-0.3, -0.25) is 4.79 Å². The highest BCUT2D eigenvalue weighted by molar-refractivity contribution is 5.83. The number of hydrazone groups is 1. The SMILES string of the molecule is CCOc1ccc(/C=N/NC(=O)COc2ccc(C(C)C)cc2)cc1. The van der Waals surface area contributed by atoms with Gasteiger partial charge in [-0.05, 0) is 60.4 Å². The van der Waals surface area contributed by atoms with E-state index in [0.29, 0.717) is 18.3 Å². The van der Waals surface area contributed by atoms with Crippen LogP contribution in [0, 0.1) is 0 Å². The summed E-state index contributed by atoms with van der Waals surface area (Å²) < 4.78 is 10.8. The molecule has 2 aromatic rings. The Labute approximate surface area is 148 Å². The molecule has 0 saturated heterocycles. The maximum absolute atomic E-state index is 11.8. The van der Waals surface area contributed by atoms with E-state index in [-0.39, 0.29) is 12.5 Å². The van der Waals surface area contributed by atoms with E-state index >= 15 is 0 Å². The molecule has 0 heterocycles. The molecule has 0 fully saturated rings. The first kappa shape index (κ1) is 18.5. The van der Waals surface area contributed by atoms with Crippen LogP contribution in [0.3, 0.4) is 0 Å². The van der Waals surface area contributed by atoms with E-state index in [4.69, 9.17) is 9.47 Å². The van der Waals surface area contributed by atoms with Crippen LogP contribution in [0.2, 0.25) is 0 Å². The number of nitrogens with zero attached hydrogens (tertiary/aromatic N) is 1. The lowest BCUT2D eigenvalue weighted by molar-refractivity contribution is -0.123. The summed E-state index contributed by atoms with van der Waals surface area (Å²) in [5.74, 6) is 1.63. The van der Waals surface area contributed by atoms with Crippen molar-refractivity contribution in [3.05, 3.63) is 59.7 Å². The molecule has 0 aromatic heterocycles. The summed E-state index contributed by atoms with van der Waals surface area (Å²) in [6, 6.07) is 15.2. The minimum absolute atomic E-state index is 0.0817. The Bertz CT molecular complexity index is 692. The van der Waals surface area contributed by atoms with E-state index in [1.54, 1.807) is 6.21 Å². The van der Waals surface area contributed by atoms with Gasteiger partial charge in [0, 0.05) is 0 Å². The molecule has 0 spiro atoms. The highest BCUT2D eigenvalue weighted by Crippen LogP contribution is 2.18. The van der Waals surface area contributed by atoms with Crippen LogP contribution in [-0.4, -0.2) is 25.3 Å². The Morgan fingerprint density at radius 2 is 1.64 bits per heavy atom. The fourth-order valence-electron chi connectivity index (χ4n) is 2.13. The molecule has 132 valence electrons. The molecule has 5 heteroatoms. The molecule has 2 aromatic carbocycles. The Morgan fingerprint density at radius 1 is 1.04 bits per heavy atom. The first-order valence-corrected chi connectivity index (χ1v) is 8.36. The topological polar surface area (TPSA) is 59.9 Å². The van der Waals surface area contributed by atoms with Gasteiger partial charge in [-0.15, -0.1) is 0 Å². The highest BCUT2D eigenvalue weighted by atomic mass is 16.5. The predicted molar refractivity (Wildman–Crippen MR) is 99.4 cm³/mol. The molecule has 0 aliphatic heterocycles. The van der Waals surface area contributed by atoms with E-state index in [2.05, 4.69) is 24.4 Å². The average Bonchev–Trinajstić information content (AvgIpc) is 2.62. The van der Waals surface area contributed by atoms with E-state index in [0.717, 1.165) is 11.3 Å². The van der Waals surface area contributed by atoms with E-state index in [1.165, 1.54) is 5.56 Å². The number of hydrogen-bond acceptors (Lipinski definition) is 4. The van der Waals surface area contributed by atoms with Crippen LogP contribution in [0.4, 0.5) is 0 Å². The Kier molecular flexibility index (Phi) is 7.01. The molecule has 0 saturated carbocycles. The van der Waals surface area contributed by atoms with Crippen LogP contribution >= 0.6 is 0 Å². The predicted octanol–water partition coefficient (Wildman–Crippen LogP) is 3.74. The maximum atomic E-state index is 11.8. The van der Waals surface area contributed by atoms with Gasteiger partial charge < -0.3 is 9.47 Å². The first-order valence-electron chi connectivity index (χ1n) is 8.36. The standard InChI is InChI=1S/C20H24N2O3/c1-4-24-18-9-5-16(6-10-18)13-21-22-20(23)14-25-19-11-7-17(8-12-19)15(2)3/h5-13,15H,4,14H2,1-3H3,(H,22,23)/b21-13+. The molecular formula is C20H24N2O3. The quantitative estimate of drug-likeness (QED) is 0.588. The van der Waals surface area contributed by atoms with Crippen LogP contribution in [-0.2, 0) is 4.79 Å². The summed E-state index contributed by atoms with van der Waals surface area (Å²) >= 11 is 0. The molecule has 0 bridgehead atoms. The summed E-state index contributed by atoms with van der Waals surface area (Å²) in [6.07, 6.45) is 1.57. The van der Waals surface area contributed by atoms with Crippen LogP contribution in [0.15, 0.2) is 53.6 Å². The third-order valence-corrected chi connectivity index (χ3v) is 3.51. The van der Waals surface area contributed by atoms with Gasteiger partial charge in [-0.25, -0.2) is 5.43 Å². The highest BCUT2D eigenvalue weighted by Gasteiger charge is 2.03. The largest absolute Gasteiger partial charge is 0.494 e. The number of benzene rings is 2. The van der Waals surface area contributed by atoms with Gasteiger partial charge in [-0.1, -0.05) is 26.0 Å². The zero-order valence-electron chi connectivity index (χ0n) is 14.9. The second kappa shape index (κ2) is 9.47. The van der Waals surface area contributed by atoms with Crippen molar-refractivity contribution >= 4 is 12.1 Å². The van der Waals surface area contributed by atoms with E-state index in [1.807, 2.05) is 55.5 Å². The van der Waals surface area contributed by atoms with Crippen molar-refractivity contribution in [3.63, 3.8) is 0 Å². The van der Waals surface area contributed by atoms with Crippen LogP contribution in [0.25, 0.3) is 0 Å².